The van der Waals surface area contributed by atoms with Gasteiger partial charge in [0.25, 0.3) is 5.91 Å². The van der Waals surface area contributed by atoms with Crippen LogP contribution < -0.4 is 14.8 Å². The number of aryl methyl sites for hydroxylation is 1. The van der Waals surface area contributed by atoms with Gasteiger partial charge in [-0.25, -0.2) is 0 Å². The number of carbonyl (C=O) groups excluding carboxylic acids is 1. The predicted octanol–water partition coefficient (Wildman–Crippen LogP) is 5.60. The van der Waals surface area contributed by atoms with Crippen LogP contribution in [0.2, 0.25) is 0 Å². The lowest BCUT2D eigenvalue weighted by atomic mass is 10.1. The Bertz CT molecular complexity index is 939. The summed E-state index contributed by atoms with van der Waals surface area (Å²) in [4.78, 5) is 12.6. The normalized spacial score (nSPS) is 10.3. The molecule has 3 aromatic carbocycles. The zero-order valence-electron chi connectivity index (χ0n) is 15.2. The molecule has 0 spiro atoms. The van der Waals surface area contributed by atoms with E-state index in [0.29, 0.717) is 17.9 Å². The molecule has 0 heterocycles. The topological polar surface area (TPSA) is 47.6 Å². The first-order valence-electron chi connectivity index (χ1n) is 8.48. The van der Waals surface area contributed by atoms with Gasteiger partial charge < -0.3 is 14.8 Å². The number of rotatable bonds is 6. The zero-order chi connectivity index (χ0) is 19.2. The third-order valence-electron chi connectivity index (χ3n) is 4.03. The summed E-state index contributed by atoms with van der Waals surface area (Å²) in [6.07, 6.45) is 0. The van der Waals surface area contributed by atoms with Crippen LogP contribution in [0.1, 0.15) is 21.5 Å². The molecule has 5 heteroatoms. The molecule has 138 valence electrons. The van der Waals surface area contributed by atoms with Crippen molar-refractivity contribution in [3.05, 3.63) is 87.9 Å². The summed E-state index contributed by atoms with van der Waals surface area (Å²) >= 11 is 3.38. The molecule has 0 aliphatic carbocycles. The Morgan fingerprint density at radius 3 is 2.52 bits per heavy atom. The van der Waals surface area contributed by atoms with Crippen LogP contribution in [-0.4, -0.2) is 13.0 Å². The fourth-order valence-corrected chi connectivity index (χ4v) is 2.90. The second-order valence-corrected chi connectivity index (χ2v) is 7.01. The Balaban J connectivity index is 1.75. The molecule has 0 unspecified atom stereocenters. The molecule has 3 aromatic rings. The highest BCUT2D eigenvalue weighted by Crippen LogP contribution is 2.23. The van der Waals surface area contributed by atoms with Crippen molar-refractivity contribution >= 4 is 27.5 Å². The van der Waals surface area contributed by atoms with Crippen LogP contribution in [0.15, 0.2) is 71.2 Å². The molecular weight excluding hydrogens is 406 g/mol. The molecule has 0 bridgehead atoms. The van der Waals surface area contributed by atoms with Crippen LogP contribution in [0.25, 0.3) is 0 Å². The number of carbonyl (C=O) groups is 1. The Labute approximate surface area is 167 Å². The fourth-order valence-electron chi connectivity index (χ4n) is 2.64. The number of nitrogens with one attached hydrogen (secondary N) is 1. The van der Waals surface area contributed by atoms with Gasteiger partial charge in [-0.15, -0.1) is 0 Å². The first-order chi connectivity index (χ1) is 13.0. The number of anilines is 1. The van der Waals surface area contributed by atoms with E-state index in [9.17, 15) is 4.79 Å². The number of amides is 1. The van der Waals surface area contributed by atoms with Gasteiger partial charge in [0, 0.05) is 21.3 Å². The zero-order valence-corrected chi connectivity index (χ0v) is 16.7. The van der Waals surface area contributed by atoms with E-state index >= 15 is 0 Å². The SMILES string of the molecule is COc1ccc(C(=O)Nc2ccc(Br)cc2)cc1COc1cccc(C)c1. The van der Waals surface area contributed by atoms with Crippen molar-refractivity contribution in [2.45, 2.75) is 13.5 Å². The van der Waals surface area contributed by atoms with Gasteiger partial charge in [-0.2, -0.15) is 0 Å². The van der Waals surface area contributed by atoms with Crippen molar-refractivity contribution < 1.29 is 14.3 Å². The molecule has 1 amide bonds. The Hall–Kier alpha value is -2.79. The van der Waals surface area contributed by atoms with E-state index in [4.69, 9.17) is 9.47 Å². The lowest BCUT2D eigenvalue weighted by molar-refractivity contribution is 0.102. The monoisotopic (exact) mass is 425 g/mol. The second kappa shape index (κ2) is 8.73. The lowest BCUT2D eigenvalue weighted by Gasteiger charge is -2.13. The van der Waals surface area contributed by atoms with Crippen LogP contribution in [0, 0.1) is 6.92 Å². The van der Waals surface area contributed by atoms with Gasteiger partial charge in [0.2, 0.25) is 0 Å². The molecule has 0 aliphatic heterocycles. The predicted molar refractivity (Wildman–Crippen MR) is 111 cm³/mol. The maximum atomic E-state index is 12.6. The molecule has 0 fully saturated rings. The quantitative estimate of drug-likeness (QED) is 0.559. The smallest absolute Gasteiger partial charge is 0.255 e. The molecule has 0 saturated heterocycles. The first-order valence-corrected chi connectivity index (χ1v) is 9.28. The Kier molecular flexibility index (Phi) is 6.14. The van der Waals surface area contributed by atoms with Gasteiger partial charge in [0.15, 0.2) is 0 Å². The number of hydrogen-bond acceptors (Lipinski definition) is 3. The van der Waals surface area contributed by atoms with E-state index in [0.717, 1.165) is 27.0 Å². The Morgan fingerprint density at radius 2 is 1.81 bits per heavy atom. The number of hydrogen-bond donors (Lipinski definition) is 1. The van der Waals surface area contributed by atoms with Gasteiger partial charge in [-0.3, -0.25) is 4.79 Å². The lowest BCUT2D eigenvalue weighted by Crippen LogP contribution is -2.12. The maximum absolute atomic E-state index is 12.6. The van der Waals surface area contributed by atoms with Crippen molar-refractivity contribution in [2.24, 2.45) is 0 Å². The van der Waals surface area contributed by atoms with E-state index in [1.165, 1.54) is 0 Å². The molecular formula is C22H20BrNO3. The second-order valence-electron chi connectivity index (χ2n) is 6.09. The number of halogens is 1. The molecule has 4 nitrogen and oxygen atoms in total. The third-order valence-corrected chi connectivity index (χ3v) is 4.56. The average Bonchev–Trinajstić information content (AvgIpc) is 2.68. The highest BCUT2D eigenvalue weighted by molar-refractivity contribution is 9.10. The van der Waals surface area contributed by atoms with Crippen molar-refractivity contribution in [1.29, 1.82) is 0 Å². The van der Waals surface area contributed by atoms with Gasteiger partial charge in [0.1, 0.15) is 18.1 Å². The Morgan fingerprint density at radius 1 is 1.04 bits per heavy atom. The summed E-state index contributed by atoms with van der Waals surface area (Å²) in [6.45, 7) is 2.33. The van der Waals surface area contributed by atoms with Gasteiger partial charge in [0.05, 0.1) is 7.11 Å². The molecule has 1 N–H and O–H groups in total. The van der Waals surface area contributed by atoms with Crippen molar-refractivity contribution in [2.75, 3.05) is 12.4 Å². The van der Waals surface area contributed by atoms with Gasteiger partial charge in [-0.1, -0.05) is 28.1 Å². The molecule has 27 heavy (non-hydrogen) atoms. The van der Waals surface area contributed by atoms with E-state index in [1.54, 1.807) is 25.3 Å². The van der Waals surface area contributed by atoms with Crippen LogP contribution in [0.5, 0.6) is 11.5 Å². The molecule has 0 aromatic heterocycles. The summed E-state index contributed by atoms with van der Waals surface area (Å²) in [5.41, 5.74) is 3.21. The minimum absolute atomic E-state index is 0.184. The number of ether oxygens (including phenoxy) is 2. The standard InChI is InChI=1S/C22H20BrNO3/c1-15-4-3-5-20(12-15)27-14-17-13-16(6-11-21(17)26-2)22(25)24-19-9-7-18(23)8-10-19/h3-13H,14H2,1-2H3,(H,24,25). The van der Waals surface area contributed by atoms with Crippen molar-refractivity contribution in [3.8, 4) is 11.5 Å². The van der Waals surface area contributed by atoms with Gasteiger partial charge in [-0.05, 0) is 67.1 Å². The molecule has 0 aliphatic rings. The minimum Gasteiger partial charge on any atom is -0.496 e. The highest BCUT2D eigenvalue weighted by Gasteiger charge is 2.11. The molecule has 3 rings (SSSR count). The fraction of sp³-hybridized carbons (Fsp3) is 0.136. The number of benzene rings is 3. The van der Waals surface area contributed by atoms with Gasteiger partial charge >= 0.3 is 0 Å². The van der Waals surface area contributed by atoms with E-state index in [-0.39, 0.29) is 5.91 Å². The van der Waals surface area contributed by atoms with E-state index in [1.807, 2.05) is 55.5 Å². The molecule has 0 radical (unpaired) electrons. The number of methoxy groups -OCH3 is 1. The summed E-state index contributed by atoms with van der Waals surface area (Å²) < 4.78 is 12.2. The highest BCUT2D eigenvalue weighted by atomic mass is 79.9. The summed E-state index contributed by atoms with van der Waals surface area (Å²) in [7, 11) is 1.60. The van der Waals surface area contributed by atoms with Crippen LogP contribution in [0.4, 0.5) is 5.69 Å². The molecule has 0 saturated carbocycles. The summed E-state index contributed by atoms with van der Waals surface area (Å²) in [5.74, 6) is 1.28. The largest absolute Gasteiger partial charge is 0.496 e. The third kappa shape index (κ3) is 5.11. The van der Waals surface area contributed by atoms with Crippen LogP contribution in [0.3, 0.4) is 0 Å². The first kappa shape index (κ1) is 19.0. The average molecular weight is 426 g/mol. The summed E-state index contributed by atoms with van der Waals surface area (Å²) in [6, 6.07) is 20.6. The van der Waals surface area contributed by atoms with E-state index in [2.05, 4.69) is 21.2 Å². The molecule has 0 atom stereocenters. The van der Waals surface area contributed by atoms with Crippen molar-refractivity contribution in [1.82, 2.24) is 0 Å². The van der Waals surface area contributed by atoms with E-state index < -0.39 is 0 Å². The van der Waals surface area contributed by atoms with Crippen LogP contribution >= 0.6 is 15.9 Å². The van der Waals surface area contributed by atoms with Crippen LogP contribution in [-0.2, 0) is 6.61 Å². The minimum atomic E-state index is -0.184. The van der Waals surface area contributed by atoms with Crippen molar-refractivity contribution in [3.63, 3.8) is 0 Å². The maximum Gasteiger partial charge on any atom is 0.255 e. The summed E-state index contributed by atoms with van der Waals surface area (Å²) in [5, 5.41) is 2.89.